The molecule has 1 aliphatic rings. The Balaban J connectivity index is 2.67. The molecule has 7 nitrogen and oxygen atoms in total. The summed E-state index contributed by atoms with van der Waals surface area (Å²) >= 11 is 0. The Hall–Kier alpha value is -2.06. The molecule has 20 heavy (non-hydrogen) atoms. The number of hydrogen-bond acceptors (Lipinski definition) is 6. The average molecular weight is 296 g/mol. The van der Waals surface area contributed by atoms with E-state index in [2.05, 4.69) is 5.16 Å². The number of oxime groups is 1. The summed E-state index contributed by atoms with van der Waals surface area (Å²) in [5, 5.41) is 11.1. The van der Waals surface area contributed by atoms with Gasteiger partial charge in [0, 0.05) is 5.56 Å². The standard InChI is InChI=1S/C12H12N2O5S/c1-8(15)11-12(16)9-4-2-3-5-10(9)20(18,19)14(11)7-6-13-17/h2-6,11,17H,7H2,1H3/b13-6-/t11-/m0/s1. The smallest absolute Gasteiger partial charge is 0.245 e. The quantitative estimate of drug-likeness (QED) is 0.374. The van der Waals surface area contributed by atoms with Crippen molar-refractivity contribution in [2.75, 3.05) is 6.54 Å². The molecule has 0 fully saturated rings. The Morgan fingerprint density at radius 3 is 2.70 bits per heavy atom. The number of sulfonamides is 1. The molecule has 1 aromatic rings. The zero-order chi connectivity index (χ0) is 14.9. The van der Waals surface area contributed by atoms with Crippen LogP contribution in [-0.4, -0.2) is 48.3 Å². The number of carbonyl (C=O) groups is 2. The van der Waals surface area contributed by atoms with Gasteiger partial charge >= 0.3 is 0 Å². The summed E-state index contributed by atoms with van der Waals surface area (Å²) in [6.45, 7) is 0.790. The van der Waals surface area contributed by atoms with Crippen LogP contribution in [0.2, 0.25) is 0 Å². The number of rotatable bonds is 3. The third-order valence-corrected chi connectivity index (χ3v) is 4.89. The van der Waals surface area contributed by atoms with E-state index < -0.39 is 27.6 Å². The maximum absolute atomic E-state index is 12.4. The van der Waals surface area contributed by atoms with Crippen LogP contribution in [0.5, 0.6) is 0 Å². The highest BCUT2D eigenvalue weighted by Crippen LogP contribution is 2.29. The summed E-state index contributed by atoms with van der Waals surface area (Å²) in [4.78, 5) is 23.8. The molecular formula is C12H12N2O5S. The van der Waals surface area contributed by atoms with Gasteiger partial charge in [0.25, 0.3) is 0 Å². The van der Waals surface area contributed by atoms with Crippen molar-refractivity contribution in [2.24, 2.45) is 5.16 Å². The predicted molar refractivity (Wildman–Crippen MR) is 69.4 cm³/mol. The lowest BCUT2D eigenvalue weighted by Crippen LogP contribution is -2.53. The summed E-state index contributed by atoms with van der Waals surface area (Å²) < 4.78 is 25.6. The minimum Gasteiger partial charge on any atom is -0.411 e. The van der Waals surface area contributed by atoms with E-state index in [9.17, 15) is 18.0 Å². The maximum atomic E-state index is 12.4. The minimum atomic E-state index is -3.99. The summed E-state index contributed by atoms with van der Waals surface area (Å²) in [5.74, 6) is -1.16. The Bertz CT molecular complexity index is 696. The molecule has 1 N–H and O–H groups in total. The molecule has 0 saturated heterocycles. The van der Waals surface area contributed by atoms with Crippen molar-refractivity contribution in [1.29, 1.82) is 0 Å². The fourth-order valence-electron chi connectivity index (χ4n) is 2.15. The van der Waals surface area contributed by atoms with Gasteiger partial charge in [0.15, 0.2) is 11.6 Å². The first-order chi connectivity index (χ1) is 9.41. The van der Waals surface area contributed by atoms with Crippen LogP contribution >= 0.6 is 0 Å². The summed E-state index contributed by atoms with van der Waals surface area (Å²) in [5.41, 5.74) is 0.00453. The molecule has 0 aliphatic carbocycles. The van der Waals surface area contributed by atoms with Crippen molar-refractivity contribution >= 4 is 27.8 Å². The van der Waals surface area contributed by atoms with E-state index in [4.69, 9.17) is 5.21 Å². The number of carbonyl (C=O) groups excluding carboxylic acids is 2. The van der Waals surface area contributed by atoms with Gasteiger partial charge in [0.1, 0.15) is 6.04 Å². The monoisotopic (exact) mass is 296 g/mol. The Kier molecular flexibility index (Phi) is 3.69. The summed E-state index contributed by atoms with van der Waals surface area (Å²) in [6, 6.07) is 4.29. The number of nitrogens with zero attached hydrogens (tertiary/aromatic N) is 2. The molecule has 1 heterocycles. The maximum Gasteiger partial charge on any atom is 0.245 e. The van der Waals surface area contributed by atoms with E-state index in [0.717, 1.165) is 17.4 Å². The molecule has 0 saturated carbocycles. The molecule has 1 aromatic carbocycles. The van der Waals surface area contributed by atoms with Crippen LogP contribution in [0, 0.1) is 0 Å². The van der Waals surface area contributed by atoms with Gasteiger partial charge in [-0.2, -0.15) is 4.31 Å². The first kappa shape index (κ1) is 14.4. The number of hydrogen-bond donors (Lipinski definition) is 1. The third-order valence-electron chi connectivity index (χ3n) is 3.00. The number of benzene rings is 1. The van der Waals surface area contributed by atoms with Gasteiger partial charge in [-0.05, 0) is 19.1 Å². The predicted octanol–water partition coefficient (Wildman–Crippen LogP) is 0.291. The van der Waals surface area contributed by atoms with Crippen LogP contribution in [0.3, 0.4) is 0 Å². The molecule has 0 radical (unpaired) electrons. The highest BCUT2D eigenvalue weighted by atomic mass is 32.2. The molecule has 0 bridgehead atoms. The normalized spacial score (nSPS) is 21.9. The second-order valence-electron chi connectivity index (χ2n) is 4.25. The van der Waals surface area contributed by atoms with Crippen LogP contribution in [-0.2, 0) is 14.8 Å². The molecule has 0 spiro atoms. The molecule has 8 heteroatoms. The van der Waals surface area contributed by atoms with E-state index in [0.29, 0.717) is 0 Å². The lowest BCUT2D eigenvalue weighted by atomic mass is 10.0. The molecule has 1 aliphatic heterocycles. The van der Waals surface area contributed by atoms with Gasteiger partial charge in [-0.15, -0.1) is 5.16 Å². The summed E-state index contributed by atoms with van der Waals surface area (Å²) in [6.07, 6.45) is 0.911. The van der Waals surface area contributed by atoms with Crippen LogP contribution in [0.1, 0.15) is 17.3 Å². The van der Waals surface area contributed by atoms with Gasteiger partial charge in [0.05, 0.1) is 17.7 Å². The van der Waals surface area contributed by atoms with E-state index in [1.807, 2.05) is 0 Å². The van der Waals surface area contributed by atoms with Crippen LogP contribution in [0.25, 0.3) is 0 Å². The Labute approximate surface area is 115 Å². The Morgan fingerprint density at radius 2 is 2.10 bits per heavy atom. The van der Waals surface area contributed by atoms with Crippen molar-refractivity contribution in [3.8, 4) is 0 Å². The zero-order valence-electron chi connectivity index (χ0n) is 10.6. The highest BCUT2D eigenvalue weighted by Gasteiger charge is 2.45. The van der Waals surface area contributed by atoms with Crippen LogP contribution < -0.4 is 0 Å². The van der Waals surface area contributed by atoms with Gasteiger partial charge in [0.2, 0.25) is 10.0 Å². The molecule has 0 unspecified atom stereocenters. The van der Waals surface area contributed by atoms with Crippen molar-refractivity contribution in [1.82, 2.24) is 4.31 Å². The van der Waals surface area contributed by atoms with Gasteiger partial charge in [-0.3, -0.25) is 9.59 Å². The van der Waals surface area contributed by atoms with E-state index >= 15 is 0 Å². The molecule has 1 atom stereocenters. The van der Waals surface area contributed by atoms with Crippen molar-refractivity contribution in [3.63, 3.8) is 0 Å². The van der Waals surface area contributed by atoms with E-state index in [1.54, 1.807) is 0 Å². The van der Waals surface area contributed by atoms with E-state index in [-0.39, 0.29) is 17.0 Å². The van der Waals surface area contributed by atoms with E-state index in [1.165, 1.54) is 24.3 Å². The molecule has 0 amide bonds. The molecule has 0 aromatic heterocycles. The molecular weight excluding hydrogens is 284 g/mol. The summed E-state index contributed by atoms with van der Waals surface area (Å²) in [7, 11) is -3.99. The van der Waals surface area contributed by atoms with Crippen molar-refractivity contribution in [2.45, 2.75) is 17.9 Å². The topological polar surface area (TPSA) is 104 Å². The number of fused-ring (bicyclic) bond motifs is 1. The fraction of sp³-hybridized carbons (Fsp3) is 0.250. The SMILES string of the molecule is CC(=O)[C@H]1C(=O)c2ccccc2S(=O)(=O)N1C/C=N\O. The second-order valence-corrected chi connectivity index (χ2v) is 6.11. The van der Waals surface area contributed by atoms with Crippen molar-refractivity contribution in [3.05, 3.63) is 29.8 Å². The third kappa shape index (κ3) is 2.12. The largest absolute Gasteiger partial charge is 0.411 e. The highest BCUT2D eigenvalue weighted by molar-refractivity contribution is 7.89. The van der Waals surface area contributed by atoms with Gasteiger partial charge < -0.3 is 5.21 Å². The molecule has 2 rings (SSSR count). The molecule has 106 valence electrons. The Morgan fingerprint density at radius 1 is 1.45 bits per heavy atom. The van der Waals surface area contributed by atoms with Crippen LogP contribution in [0.15, 0.2) is 34.3 Å². The van der Waals surface area contributed by atoms with Gasteiger partial charge in [-0.1, -0.05) is 12.1 Å². The van der Waals surface area contributed by atoms with Gasteiger partial charge in [-0.25, -0.2) is 8.42 Å². The minimum absolute atomic E-state index is 0.00453. The zero-order valence-corrected chi connectivity index (χ0v) is 11.4. The second kappa shape index (κ2) is 5.14. The average Bonchev–Trinajstić information content (AvgIpc) is 2.41. The first-order valence-electron chi connectivity index (χ1n) is 5.72. The lowest BCUT2D eigenvalue weighted by Gasteiger charge is -2.32. The van der Waals surface area contributed by atoms with Crippen molar-refractivity contribution < 1.29 is 23.2 Å². The van der Waals surface area contributed by atoms with Crippen LogP contribution in [0.4, 0.5) is 0 Å². The first-order valence-corrected chi connectivity index (χ1v) is 7.16. The number of Topliss-reactive ketones (excluding diaryl/α,β-unsaturated/α-hetero) is 2. The lowest BCUT2D eigenvalue weighted by molar-refractivity contribution is -0.119. The number of ketones is 2. The fourth-order valence-corrected chi connectivity index (χ4v) is 3.88.